The molecule has 0 atom stereocenters. The van der Waals surface area contributed by atoms with E-state index in [1.807, 2.05) is 13.0 Å². The van der Waals surface area contributed by atoms with Gasteiger partial charge in [-0.05, 0) is 31.7 Å². The van der Waals surface area contributed by atoms with Crippen molar-refractivity contribution in [3.8, 4) is 0 Å². The lowest BCUT2D eigenvalue weighted by Gasteiger charge is -2.21. The summed E-state index contributed by atoms with van der Waals surface area (Å²) in [6.45, 7) is 3.70. The van der Waals surface area contributed by atoms with Crippen LogP contribution in [0.5, 0.6) is 0 Å². The van der Waals surface area contributed by atoms with Crippen molar-refractivity contribution in [3.63, 3.8) is 0 Å². The minimum Gasteiger partial charge on any atom is -0.359 e. The number of hydrogen-bond donors (Lipinski definition) is 1. The fraction of sp³-hybridized carbons (Fsp3) is 0.583. The third kappa shape index (κ3) is 2.48. The highest BCUT2D eigenvalue weighted by atomic mass is 15.2. The van der Waals surface area contributed by atoms with Crippen LogP contribution in [0.4, 0.5) is 5.82 Å². The number of pyridine rings is 1. The van der Waals surface area contributed by atoms with E-state index in [2.05, 4.69) is 23.0 Å². The van der Waals surface area contributed by atoms with Crippen molar-refractivity contribution in [1.29, 1.82) is 0 Å². The Labute approximate surface area is 91.3 Å². The second-order valence-electron chi connectivity index (χ2n) is 4.46. The predicted molar refractivity (Wildman–Crippen MR) is 62.9 cm³/mol. The Morgan fingerprint density at radius 2 is 2.20 bits per heavy atom. The Hall–Kier alpha value is -1.09. The van der Waals surface area contributed by atoms with Crippen LogP contribution in [-0.4, -0.2) is 18.6 Å². The minimum absolute atomic E-state index is 0.567. The van der Waals surface area contributed by atoms with Crippen molar-refractivity contribution in [3.05, 3.63) is 23.4 Å². The minimum atomic E-state index is 0.567. The molecule has 1 saturated carbocycles. The lowest BCUT2D eigenvalue weighted by atomic mass is 10.2. The largest absolute Gasteiger partial charge is 0.359 e. The molecule has 0 unspecified atom stereocenters. The molecule has 3 nitrogen and oxygen atoms in total. The monoisotopic (exact) mass is 205 g/mol. The predicted octanol–water partition coefficient (Wildman–Crippen LogP) is 1.69. The normalized spacial score (nSPS) is 15.4. The van der Waals surface area contributed by atoms with Crippen LogP contribution >= 0.6 is 0 Å². The van der Waals surface area contributed by atoms with Crippen LogP contribution in [0.25, 0.3) is 0 Å². The molecular formula is C12H19N3. The molecule has 3 heteroatoms. The molecule has 2 N–H and O–H groups in total. The van der Waals surface area contributed by atoms with Gasteiger partial charge in [-0.3, -0.25) is 0 Å². The lowest BCUT2D eigenvalue weighted by Crippen LogP contribution is -2.23. The third-order valence-corrected chi connectivity index (χ3v) is 2.91. The summed E-state index contributed by atoms with van der Waals surface area (Å²) in [5, 5.41) is 0. The molecule has 0 spiro atoms. The number of hydrogen-bond acceptors (Lipinski definition) is 3. The van der Waals surface area contributed by atoms with E-state index in [1.54, 1.807) is 0 Å². The van der Waals surface area contributed by atoms with Gasteiger partial charge in [-0.15, -0.1) is 0 Å². The van der Waals surface area contributed by atoms with Crippen molar-refractivity contribution < 1.29 is 0 Å². The van der Waals surface area contributed by atoms with Crippen LogP contribution in [0.15, 0.2) is 12.1 Å². The van der Waals surface area contributed by atoms with E-state index in [0.29, 0.717) is 6.54 Å². The second-order valence-corrected chi connectivity index (χ2v) is 4.46. The zero-order valence-corrected chi connectivity index (χ0v) is 9.53. The number of rotatable bonds is 4. The summed E-state index contributed by atoms with van der Waals surface area (Å²) in [5.41, 5.74) is 7.92. The third-order valence-electron chi connectivity index (χ3n) is 2.91. The highest BCUT2D eigenvalue weighted by molar-refractivity contribution is 5.47. The molecule has 1 aromatic heterocycles. The molecule has 1 aliphatic carbocycles. The number of aryl methyl sites for hydroxylation is 1. The van der Waals surface area contributed by atoms with Gasteiger partial charge in [-0.1, -0.05) is 6.07 Å². The molecule has 0 saturated heterocycles. The van der Waals surface area contributed by atoms with Gasteiger partial charge in [0.25, 0.3) is 0 Å². The van der Waals surface area contributed by atoms with Crippen molar-refractivity contribution in [2.45, 2.75) is 26.3 Å². The van der Waals surface area contributed by atoms with Gasteiger partial charge in [0.1, 0.15) is 5.82 Å². The standard InChI is InChI=1S/C12H19N3/c1-9-3-6-11(7-13)12(14-9)15(2)8-10-4-5-10/h3,6,10H,4-5,7-8,13H2,1-2H3. The first kappa shape index (κ1) is 10.4. The molecule has 15 heavy (non-hydrogen) atoms. The molecule has 0 bridgehead atoms. The Balaban J connectivity index is 2.18. The zero-order chi connectivity index (χ0) is 10.8. The van der Waals surface area contributed by atoms with Crippen molar-refractivity contribution in [2.75, 3.05) is 18.5 Å². The molecule has 0 aromatic carbocycles. The van der Waals surface area contributed by atoms with Crippen LogP contribution in [0, 0.1) is 12.8 Å². The smallest absolute Gasteiger partial charge is 0.133 e. The Morgan fingerprint density at radius 3 is 2.80 bits per heavy atom. The van der Waals surface area contributed by atoms with Gasteiger partial charge in [0.15, 0.2) is 0 Å². The maximum absolute atomic E-state index is 5.72. The van der Waals surface area contributed by atoms with Crippen molar-refractivity contribution in [2.24, 2.45) is 11.7 Å². The topological polar surface area (TPSA) is 42.1 Å². The molecule has 1 aliphatic rings. The summed E-state index contributed by atoms with van der Waals surface area (Å²) in [7, 11) is 2.11. The van der Waals surface area contributed by atoms with Gasteiger partial charge in [0.05, 0.1) is 0 Å². The van der Waals surface area contributed by atoms with Crippen molar-refractivity contribution >= 4 is 5.82 Å². The Morgan fingerprint density at radius 1 is 1.47 bits per heavy atom. The van der Waals surface area contributed by atoms with E-state index >= 15 is 0 Å². The number of nitrogens with two attached hydrogens (primary N) is 1. The Kier molecular flexibility index (Phi) is 2.91. The molecule has 82 valence electrons. The molecule has 1 aromatic rings. The number of aromatic nitrogens is 1. The average molecular weight is 205 g/mol. The molecule has 0 aliphatic heterocycles. The van der Waals surface area contributed by atoms with E-state index in [-0.39, 0.29) is 0 Å². The molecular weight excluding hydrogens is 186 g/mol. The molecule has 2 rings (SSSR count). The maximum atomic E-state index is 5.72. The van der Waals surface area contributed by atoms with Crippen LogP contribution in [0.2, 0.25) is 0 Å². The lowest BCUT2D eigenvalue weighted by molar-refractivity contribution is 0.769. The van der Waals surface area contributed by atoms with Crippen LogP contribution in [0.1, 0.15) is 24.1 Å². The summed E-state index contributed by atoms with van der Waals surface area (Å²) in [6, 6.07) is 4.11. The first-order chi connectivity index (χ1) is 7.20. The molecule has 1 fully saturated rings. The molecule has 0 radical (unpaired) electrons. The van der Waals surface area contributed by atoms with Gasteiger partial charge in [0.2, 0.25) is 0 Å². The fourth-order valence-corrected chi connectivity index (χ4v) is 1.84. The highest BCUT2D eigenvalue weighted by Crippen LogP contribution is 2.31. The van der Waals surface area contributed by atoms with Gasteiger partial charge in [-0.25, -0.2) is 4.98 Å². The summed E-state index contributed by atoms with van der Waals surface area (Å²) in [4.78, 5) is 6.81. The fourth-order valence-electron chi connectivity index (χ4n) is 1.84. The van der Waals surface area contributed by atoms with Gasteiger partial charge in [-0.2, -0.15) is 0 Å². The van der Waals surface area contributed by atoms with E-state index in [9.17, 15) is 0 Å². The van der Waals surface area contributed by atoms with Gasteiger partial charge >= 0.3 is 0 Å². The van der Waals surface area contributed by atoms with Crippen LogP contribution < -0.4 is 10.6 Å². The summed E-state index contributed by atoms with van der Waals surface area (Å²) < 4.78 is 0. The van der Waals surface area contributed by atoms with E-state index in [1.165, 1.54) is 12.8 Å². The maximum Gasteiger partial charge on any atom is 0.133 e. The van der Waals surface area contributed by atoms with E-state index in [0.717, 1.165) is 29.5 Å². The highest BCUT2D eigenvalue weighted by Gasteiger charge is 2.24. The SMILES string of the molecule is Cc1ccc(CN)c(N(C)CC2CC2)n1. The Bertz CT molecular complexity index is 345. The second kappa shape index (κ2) is 4.19. The van der Waals surface area contributed by atoms with Crippen LogP contribution in [0.3, 0.4) is 0 Å². The first-order valence-corrected chi connectivity index (χ1v) is 5.58. The molecule has 0 amide bonds. The van der Waals surface area contributed by atoms with Gasteiger partial charge in [0, 0.05) is 31.4 Å². The average Bonchev–Trinajstić information content (AvgIpc) is 3.01. The van der Waals surface area contributed by atoms with Crippen molar-refractivity contribution in [1.82, 2.24) is 4.98 Å². The summed E-state index contributed by atoms with van der Waals surface area (Å²) >= 11 is 0. The summed E-state index contributed by atoms with van der Waals surface area (Å²) in [6.07, 6.45) is 2.74. The van der Waals surface area contributed by atoms with Crippen LogP contribution in [-0.2, 0) is 6.54 Å². The van der Waals surface area contributed by atoms with E-state index in [4.69, 9.17) is 5.73 Å². The molecule has 1 heterocycles. The van der Waals surface area contributed by atoms with E-state index < -0.39 is 0 Å². The zero-order valence-electron chi connectivity index (χ0n) is 9.53. The van der Waals surface area contributed by atoms with Gasteiger partial charge < -0.3 is 10.6 Å². The quantitative estimate of drug-likeness (QED) is 0.813. The first-order valence-electron chi connectivity index (χ1n) is 5.58. The number of anilines is 1. The summed E-state index contributed by atoms with van der Waals surface area (Å²) in [5.74, 6) is 1.94. The number of nitrogens with zero attached hydrogens (tertiary/aromatic N) is 2.